The Kier molecular flexibility index (Phi) is 2.37. The second kappa shape index (κ2) is 3.69. The largest absolute Gasteiger partial charge is 0.493 e. The molecule has 3 heteroatoms. The lowest BCUT2D eigenvalue weighted by atomic mass is 10.2. The molecule has 0 saturated carbocycles. The number of nitrogens with one attached hydrogen (secondary N) is 1. The maximum absolute atomic E-state index is 5.22. The maximum Gasteiger partial charge on any atom is 0.162 e. The minimum atomic E-state index is 0.725. The lowest BCUT2D eigenvalue weighted by Gasteiger charge is -2.06. The highest BCUT2D eigenvalue weighted by molar-refractivity contribution is 5.85. The Morgan fingerprint density at radius 1 is 1.13 bits per heavy atom. The van der Waals surface area contributed by atoms with Crippen molar-refractivity contribution in [2.24, 2.45) is 0 Å². The molecule has 0 unspecified atom stereocenters. The number of fused-ring (bicyclic) bond motifs is 1. The molecule has 1 aromatic carbocycles. The Labute approximate surface area is 88.3 Å². The van der Waals surface area contributed by atoms with E-state index in [4.69, 9.17) is 9.47 Å². The Morgan fingerprint density at radius 3 is 2.40 bits per heavy atom. The summed E-state index contributed by atoms with van der Waals surface area (Å²) in [4.78, 5) is 3.22. The van der Waals surface area contributed by atoms with Crippen LogP contribution in [0, 0.1) is 0 Å². The highest BCUT2D eigenvalue weighted by Gasteiger charge is 2.07. The molecule has 2 aromatic rings. The highest BCUT2D eigenvalue weighted by atomic mass is 16.5. The minimum Gasteiger partial charge on any atom is -0.493 e. The fourth-order valence-electron chi connectivity index (χ4n) is 1.59. The van der Waals surface area contributed by atoms with Gasteiger partial charge in [0.1, 0.15) is 0 Å². The smallest absolute Gasteiger partial charge is 0.162 e. The molecule has 1 aromatic heterocycles. The van der Waals surface area contributed by atoms with Crippen molar-refractivity contribution in [2.75, 3.05) is 14.2 Å². The molecule has 0 bridgehead atoms. The molecule has 0 spiro atoms. The Morgan fingerprint density at radius 2 is 1.80 bits per heavy atom. The fourth-order valence-corrected chi connectivity index (χ4v) is 1.59. The van der Waals surface area contributed by atoms with Crippen molar-refractivity contribution in [3.63, 3.8) is 0 Å². The molecule has 3 nitrogen and oxygen atoms in total. The van der Waals surface area contributed by atoms with E-state index in [-0.39, 0.29) is 0 Å². The summed E-state index contributed by atoms with van der Waals surface area (Å²) in [6.07, 6.45) is 1.78. The van der Waals surface area contributed by atoms with Crippen molar-refractivity contribution in [1.82, 2.24) is 4.98 Å². The summed E-state index contributed by atoms with van der Waals surface area (Å²) >= 11 is 0. The van der Waals surface area contributed by atoms with Gasteiger partial charge in [0.05, 0.1) is 14.2 Å². The summed E-state index contributed by atoms with van der Waals surface area (Å²) in [7, 11) is 3.26. The van der Waals surface area contributed by atoms with Crippen LogP contribution in [0.2, 0.25) is 0 Å². The fraction of sp³-hybridized carbons (Fsp3) is 0.167. The van der Waals surface area contributed by atoms with Crippen LogP contribution in [-0.2, 0) is 0 Å². The first-order chi connectivity index (χ1) is 7.28. The van der Waals surface area contributed by atoms with E-state index in [1.54, 1.807) is 20.3 Å². The third-order valence-electron chi connectivity index (χ3n) is 2.37. The predicted octanol–water partition coefficient (Wildman–Crippen LogP) is 2.83. The average Bonchev–Trinajstić information content (AvgIpc) is 2.68. The standard InChI is InChI=1S/C12H13NO2/c1-4-9-5-8-6-11(14-2)12(15-3)7-10(8)13-9/h4-7,13H,1H2,2-3H3. The quantitative estimate of drug-likeness (QED) is 0.832. The monoisotopic (exact) mass is 203 g/mol. The maximum atomic E-state index is 5.22. The summed E-state index contributed by atoms with van der Waals surface area (Å²) in [6.45, 7) is 3.72. The van der Waals surface area contributed by atoms with Crippen LogP contribution in [0.4, 0.5) is 0 Å². The first-order valence-corrected chi connectivity index (χ1v) is 4.65. The van der Waals surface area contributed by atoms with E-state index in [0.717, 1.165) is 28.1 Å². The topological polar surface area (TPSA) is 34.2 Å². The van der Waals surface area contributed by atoms with Crippen molar-refractivity contribution in [2.45, 2.75) is 0 Å². The van der Waals surface area contributed by atoms with Gasteiger partial charge in [0.15, 0.2) is 11.5 Å². The van der Waals surface area contributed by atoms with Gasteiger partial charge in [-0.2, -0.15) is 0 Å². The molecule has 0 saturated heterocycles. The molecular formula is C12H13NO2. The Bertz CT molecular complexity index is 459. The molecule has 0 atom stereocenters. The molecule has 15 heavy (non-hydrogen) atoms. The van der Waals surface area contributed by atoms with E-state index in [0.29, 0.717) is 0 Å². The van der Waals surface area contributed by atoms with Gasteiger partial charge in [-0.25, -0.2) is 0 Å². The third-order valence-corrected chi connectivity index (χ3v) is 2.37. The van der Waals surface area contributed by atoms with Gasteiger partial charge in [-0.05, 0) is 18.2 Å². The zero-order chi connectivity index (χ0) is 10.8. The molecule has 2 rings (SSSR count). The molecular weight excluding hydrogens is 190 g/mol. The molecule has 0 fully saturated rings. The number of benzene rings is 1. The summed E-state index contributed by atoms with van der Waals surface area (Å²) in [6, 6.07) is 5.88. The summed E-state index contributed by atoms with van der Waals surface area (Å²) in [5.41, 5.74) is 2.00. The van der Waals surface area contributed by atoms with Gasteiger partial charge in [0.25, 0.3) is 0 Å². The van der Waals surface area contributed by atoms with Gasteiger partial charge < -0.3 is 14.5 Å². The normalized spacial score (nSPS) is 10.3. The van der Waals surface area contributed by atoms with Crippen molar-refractivity contribution in [3.05, 3.63) is 30.5 Å². The van der Waals surface area contributed by atoms with Crippen LogP contribution >= 0.6 is 0 Å². The first-order valence-electron chi connectivity index (χ1n) is 4.65. The number of hydrogen-bond donors (Lipinski definition) is 1. The third kappa shape index (κ3) is 1.56. The zero-order valence-corrected chi connectivity index (χ0v) is 8.83. The number of aromatic amines is 1. The first kappa shape index (κ1) is 9.65. The van der Waals surface area contributed by atoms with Gasteiger partial charge >= 0.3 is 0 Å². The van der Waals surface area contributed by atoms with E-state index in [1.165, 1.54) is 0 Å². The van der Waals surface area contributed by atoms with Crippen molar-refractivity contribution in [1.29, 1.82) is 0 Å². The van der Waals surface area contributed by atoms with Crippen molar-refractivity contribution in [3.8, 4) is 11.5 Å². The van der Waals surface area contributed by atoms with E-state index in [2.05, 4.69) is 11.6 Å². The second-order valence-corrected chi connectivity index (χ2v) is 3.22. The van der Waals surface area contributed by atoms with Gasteiger partial charge in [-0.1, -0.05) is 6.58 Å². The van der Waals surface area contributed by atoms with E-state index in [1.807, 2.05) is 18.2 Å². The average molecular weight is 203 g/mol. The summed E-state index contributed by atoms with van der Waals surface area (Å²) in [5, 5.41) is 1.09. The van der Waals surface area contributed by atoms with Crippen LogP contribution in [0.25, 0.3) is 17.0 Å². The lowest BCUT2D eigenvalue weighted by Crippen LogP contribution is -1.89. The molecule has 0 amide bonds. The van der Waals surface area contributed by atoms with Crippen molar-refractivity contribution >= 4 is 17.0 Å². The SMILES string of the molecule is C=Cc1cc2cc(OC)c(OC)cc2[nH]1. The lowest BCUT2D eigenvalue weighted by molar-refractivity contribution is 0.356. The van der Waals surface area contributed by atoms with Crippen LogP contribution in [0.15, 0.2) is 24.8 Å². The van der Waals surface area contributed by atoms with Crippen LogP contribution in [0.1, 0.15) is 5.69 Å². The van der Waals surface area contributed by atoms with Gasteiger partial charge in [0.2, 0.25) is 0 Å². The highest BCUT2D eigenvalue weighted by Crippen LogP contribution is 2.32. The molecule has 0 radical (unpaired) electrons. The number of hydrogen-bond acceptors (Lipinski definition) is 2. The molecule has 1 N–H and O–H groups in total. The minimum absolute atomic E-state index is 0.725. The van der Waals surface area contributed by atoms with Gasteiger partial charge in [0, 0.05) is 22.7 Å². The summed E-state index contributed by atoms with van der Waals surface area (Å²) in [5.74, 6) is 1.46. The molecule has 78 valence electrons. The van der Waals surface area contributed by atoms with Gasteiger partial charge in [-0.15, -0.1) is 0 Å². The molecule has 0 aliphatic heterocycles. The van der Waals surface area contributed by atoms with E-state index in [9.17, 15) is 0 Å². The van der Waals surface area contributed by atoms with Crippen molar-refractivity contribution < 1.29 is 9.47 Å². The predicted molar refractivity (Wildman–Crippen MR) is 61.5 cm³/mol. The number of rotatable bonds is 3. The van der Waals surface area contributed by atoms with E-state index < -0.39 is 0 Å². The van der Waals surface area contributed by atoms with Crippen LogP contribution < -0.4 is 9.47 Å². The van der Waals surface area contributed by atoms with Crippen LogP contribution in [0.3, 0.4) is 0 Å². The Hall–Kier alpha value is -1.90. The second-order valence-electron chi connectivity index (χ2n) is 3.22. The summed E-state index contributed by atoms with van der Waals surface area (Å²) < 4.78 is 10.4. The van der Waals surface area contributed by atoms with Crippen LogP contribution in [-0.4, -0.2) is 19.2 Å². The zero-order valence-electron chi connectivity index (χ0n) is 8.83. The molecule has 1 heterocycles. The van der Waals surface area contributed by atoms with Gasteiger partial charge in [-0.3, -0.25) is 0 Å². The number of aromatic nitrogens is 1. The Balaban J connectivity index is 2.66. The number of methoxy groups -OCH3 is 2. The van der Waals surface area contributed by atoms with Crippen LogP contribution in [0.5, 0.6) is 11.5 Å². The molecule has 0 aliphatic rings. The number of ether oxygens (including phenoxy) is 2. The number of H-pyrrole nitrogens is 1. The molecule has 0 aliphatic carbocycles. The van der Waals surface area contributed by atoms with E-state index >= 15 is 0 Å².